The number of fused-ring (bicyclic) bond motifs is 1. The molecule has 0 unspecified atom stereocenters. The van der Waals surface area contributed by atoms with E-state index in [1.54, 1.807) is 6.33 Å². The van der Waals surface area contributed by atoms with Gasteiger partial charge in [-0.3, -0.25) is 4.79 Å². The number of carbonyl (C=O) groups excluding carboxylic acids is 1. The second-order valence-corrected chi connectivity index (χ2v) is 21.6. The average molecular weight is 770 g/mol. The molecule has 0 bridgehead atoms. The molecule has 0 aliphatic rings. The third-order valence-electron chi connectivity index (χ3n) is 6.99. The second-order valence-electron chi connectivity index (χ2n) is 11.2. The van der Waals surface area contributed by atoms with E-state index in [2.05, 4.69) is 77.5 Å². The fourth-order valence-corrected chi connectivity index (χ4v) is 6.28. The molecule has 5 nitrogen and oxygen atoms in total. The summed E-state index contributed by atoms with van der Waals surface area (Å²) in [7, 11) is 0. The molecule has 0 saturated carbocycles. The van der Waals surface area contributed by atoms with Gasteiger partial charge in [-0.05, 0) is 25.7 Å². The number of hydrogen-bond acceptors (Lipinski definition) is 5. The zero-order chi connectivity index (χ0) is 28.5. The average Bonchev–Trinajstić information content (AvgIpc) is 2.89. The molecule has 0 spiro atoms. The number of rotatable bonds is 10. The van der Waals surface area contributed by atoms with Crippen molar-refractivity contribution in [1.29, 1.82) is 0 Å². The van der Waals surface area contributed by atoms with E-state index < -0.39 is 13.3 Å². The van der Waals surface area contributed by atoms with E-state index in [1.165, 1.54) is 17.0 Å². The van der Waals surface area contributed by atoms with Gasteiger partial charge in [-0.15, -0.1) is 0 Å². The van der Waals surface area contributed by atoms with Crippen LogP contribution < -0.4 is 4.66 Å². The topological polar surface area (TPSA) is 76.0 Å². The molecule has 0 fully saturated rings. The van der Waals surface area contributed by atoms with Gasteiger partial charge in [0.2, 0.25) is 0 Å². The summed E-state index contributed by atoms with van der Waals surface area (Å²) in [6.07, 6.45) is 6.55. The van der Waals surface area contributed by atoms with Crippen molar-refractivity contribution in [2.75, 3.05) is 0 Å². The molecular weight excluding hydrogens is 723 g/mol. The predicted octanol–water partition coefficient (Wildman–Crippen LogP) is 8.03. The van der Waals surface area contributed by atoms with Crippen LogP contribution in [0.15, 0.2) is 48.5 Å². The van der Waals surface area contributed by atoms with E-state index in [4.69, 9.17) is 4.98 Å². The van der Waals surface area contributed by atoms with Gasteiger partial charge < -0.3 is 5.11 Å². The van der Waals surface area contributed by atoms with Crippen LogP contribution in [0.2, 0.25) is 17.3 Å². The third kappa shape index (κ3) is 9.91. The first-order valence-electron chi connectivity index (χ1n) is 14.1. The molecule has 0 atom stereocenters. The quantitative estimate of drug-likeness (QED) is 0.0979. The van der Waals surface area contributed by atoms with Gasteiger partial charge in [-0.25, -0.2) is 0 Å². The van der Waals surface area contributed by atoms with Gasteiger partial charge in [-0.1, -0.05) is 27.7 Å². The summed E-state index contributed by atoms with van der Waals surface area (Å²) < 4.78 is 0.989. The molecule has 0 aliphatic heterocycles. The molecule has 3 rings (SSSR count). The van der Waals surface area contributed by atoms with Crippen LogP contribution in [0.1, 0.15) is 78.7 Å². The van der Waals surface area contributed by atoms with Crippen LogP contribution >= 0.6 is 0 Å². The molecule has 1 heterocycles. The Labute approximate surface area is 252 Å². The second kappa shape index (κ2) is 16.4. The maximum Gasteiger partial charge on any atom is 0.162 e. The fourth-order valence-electron chi connectivity index (χ4n) is 4.42. The summed E-state index contributed by atoms with van der Waals surface area (Å²) in [5, 5.41) is 12.1. The number of aliphatic hydroxyl groups is 1. The van der Waals surface area contributed by atoms with Crippen molar-refractivity contribution in [2.45, 2.75) is 90.4 Å². The Morgan fingerprint density at radius 1 is 0.974 bits per heavy atom. The Bertz CT molecular complexity index is 1230. The Kier molecular flexibility index (Phi) is 14.8. The molecule has 7 heteroatoms. The van der Waals surface area contributed by atoms with Crippen LogP contribution in [0.3, 0.4) is 0 Å². The summed E-state index contributed by atoms with van der Waals surface area (Å²) in [5.41, 5.74) is 2.27. The van der Waals surface area contributed by atoms with E-state index in [9.17, 15) is 9.90 Å². The molecule has 1 aromatic heterocycles. The first-order valence-corrected chi connectivity index (χ1v) is 21.4. The Balaban J connectivity index is 0.000000418. The molecular formula is C32H46GeIrN3O2-. The third-order valence-corrected chi connectivity index (χ3v) is 10.3. The normalized spacial score (nSPS) is 11.9. The molecule has 215 valence electrons. The Hall–Kier alpha value is -1.89. The molecule has 3 aromatic rings. The van der Waals surface area contributed by atoms with Crippen molar-refractivity contribution in [2.24, 2.45) is 11.8 Å². The van der Waals surface area contributed by atoms with E-state index in [1.807, 2.05) is 27.7 Å². The molecule has 39 heavy (non-hydrogen) atoms. The zero-order valence-corrected chi connectivity index (χ0v) is 29.6. The van der Waals surface area contributed by atoms with Crippen LogP contribution in [0, 0.1) is 17.9 Å². The fraction of sp³-hybridized carbons (Fsp3) is 0.500. The van der Waals surface area contributed by atoms with E-state index in [0.29, 0.717) is 5.92 Å². The zero-order valence-electron chi connectivity index (χ0n) is 25.1. The SMILES string of the molecule is CC(C)c1cc(-c2ncn[c]([Ge]([CH3])([CH3])[CH3])n2)[c-]c2ccccc12.CCC(CC)C(=O)/C=C(\O)C(CC)CC.[Ir]. The number of ketones is 1. The van der Waals surface area contributed by atoms with Crippen LogP contribution in [0.25, 0.3) is 22.2 Å². The van der Waals surface area contributed by atoms with E-state index in [0.717, 1.165) is 47.1 Å². The summed E-state index contributed by atoms with van der Waals surface area (Å²) in [5.74, 6) is 8.61. The van der Waals surface area contributed by atoms with Crippen molar-refractivity contribution >= 4 is 34.5 Å². The molecule has 2 aromatic carbocycles. The number of carbonyl (C=O) groups is 1. The smallest absolute Gasteiger partial charge is 0.162 e. The van der Waals surface area contributed by atoms with E-state index >= 15 is 0 Å². The minimum Gasteiger partial charge on any atom is -0.512 e. The Morgan fingerprint density at radius 3 is 2.10 bits per heavy atom. The number of aliphatic hydroxyl groups excluding tert-OH is 1. The van der Waals surface area contributed by atoms with Crippen molar-refractivity contribution in [3.63, 3.8) is 0 Å². The van der Waals surface area contributed by atoms with Crippen LogP contribution in [-0.4, -0.2) is 39.1 Å². The maximum atomic E-state index is 11.7. The Morgan fingerprint density at radius 2 is 1.56 bits per heavy atom. The van der Waals surface area contributed by atoms with Crippen LogP contribution in [-0.2, 0) is 24.9 Å². The minimum absolute atomic E-state index is 0. The van der Waals surface area contributed by atoms with Gasteiger partial charge in [0.1, 0.15) is 0 Å². The molecule has 1 radical (unpaired) electrons. The molecule has 0 saturated heterocycles. The largest absolute Gasteiger partial charge is 0.512 e. The number of benzene rings is 2. The van der Waals surface area contributed by atoms with Gasteiger partial charge in [0.25, 0.3) is 0 Å². The number of aromatic nitrogens is 3. The van der Waals surface area contributed by atoms with Gasteiger partial charge in [-0.2, -0.15) is 0 Å². The van der Waals surface area contributed by atoms with Gasteiger partial charge in [0.05, 0.1) is 5.76 Å². The summed E-state index contributed by atoms with van der Waals surface area (Å²) >= 11 is -2.07. The van der Waals surface area contributed by atoms with Crippen molar-refractivity contribution in [3.05, 3.63) is 60.1 Å². The van der Waals surface area contributed by atoms with E-state index in [-0.39, 0.29) is 43.5 Å². The van der Waals surface area contributed by atoms with Gasteiger partial charge in [0, 0.05) is 38.0 Å². The summed E-state index contributed by atoms with van der Waals surface area (Å²) in [6.45, 7) is 12.5. The molecule has 0 amide bonds. The molecule has 1 N–H and O–H groups in total. The molecule has 0 aliphatic carbocycles. The van der Waals surface area contributed by atoms with Gasteiger partial charge in [0.15, 0.2) is 5.78 Å². The number of hydrogen-bond donors (Lipinski definition) is 1. The summed E-state index contributed by atoms with van der Waals surface area (Å²) in [6, 6.07) is 14.1. The number of allylic oxidation sites excluding steroid dienone is 2. The number of nitrogens with zero attached hydrogens (tertiary/aromatic N) is 3. The first kappa shape index (κ1) is 35.1. The maximum absolute atomic E-state index is 11.7. The van der Waals surface area contributed by atoms with Gasteiger partial charge >= 0.3 is 140 Å². The van der Waals surface area contributed by atoms with Crippen LogP contribution in [0.5, 0.6) is 0 Å². The standard InChI is InChI=1S/C19H22GeN3.C13H24O2.Ir/c1-13(2)17-11-15(10-14-8-6-7-9-16(14)17)18-21-12-22-19(23-18)20(3,4)5;1-5-10(6-2)12(14)9-13(15)11(7-3)8-4;/h6-9,11-13H,1-5H3;9-11,14H,5-8H2,1-4H3;/q-1;;/b;12-9-;. The summed E-state index contributed by atoms with van der Waals surface area (Å²) in [4.78, 5) is 25.3. The van der Waals surface area contributed by atoms with Crippen LogP contribution in [0.4, 0.5) is 0 Å². The monoisotopic (exact) mass is 771 g/mol. The van der Waals surface area contributed by atoms with Crippen molar-refractivity contribution < 1.29 is 30.0 Å². The minimum atomic E-state index is -2.07. The van der Waals surface area contributed by atoms with Crippen molar-refractivity contribution in [1.82, 2.24) is 15.0 Å². The van der Waals surface area contributed by atoms with Crippen molar-refractivity contribution in [3.8, 4) is 11.4 Å². The first-order chi connectivity index (χ1) is 18.0. The predicted molar refractivity (Wildman–Crippen MR) is 163 cm³/mol.